The van der Waals surface area contributed by atoms with Crippen molar-refractivity contribution in [3.63, 3.8) is 0 Å². The summed E-state index contributed by atoms with van der Waals surface area (Å²) in [6.45, 7) is 1.47. The number of carbonyl (C=O) groups is 3. The summed E-state index contributed by atoms with van der Waals surface area (Å²) in [5, 5.41) is 33.6. The van der Waals surface area contributed by atoms with Gasteiger partial charge in [-0.05, 0) is 31.9 Å². The zero-order valence-electron chi connectivity index (χ0n) is 21.5. The van der Waals surface area contributed by atoms with E-state index in [9.17, 15) is 34.9 Å². The number of carbonyl (C=O) groups excluding carboxylic acids is 3. The van der Waals surface area contributed by atoms with Crippen molar-refractivity contribution in [3.8, 4) is 11.5 Å². The number of hydrogen-bond acceptors (Lipinski definition) is 13. The largest absolute Gasteiger partial charge is 0.505 e. The van der Waals surface area contributed by atoms with E-state index in [1.165, 1.54) is 13.2 Å². The first-order chi connectivity index (χ1) is 18.5. The molecule has 0 fully saturated rings. The van der Waals surface area contributed by atoms with Gasteiger partial charge in [-0.15, -0.1) is 20.2 Å². The number of ether oxygens (including phenoxy) is 3. The van der Waals surface area contributed by atoms with E-state index in [-0.39, 0.29) is 76.0 Å². The Morgan fingerprint density at radius 2 is 1.79 bits per heavy atom. The molecule has 220 valence electrons. The van der Waals surface area contributed by atoms with Crippen molar-refractivity contribution in [3.05, 3.63) is 37.9 Å². The van der Waals surface area contributed by atoms with Gasteiger partial charge in [0.05, 0.1) is 32.6 Å². The maximum absolute atomic E-state index is 11.9. The molecule has 0 aromatic heterocycles. The lowest BCUT2D eigenvalue weighted by Crippen LogP contribution is -2.28. The average molecular weight is 564 g/mol. The smallest absolute Gasteiger partial charge is 0.294 e. The number of nitrogens with one attached hydrogen (secondary N) is 2. The first-order valence-corrected chi connectivity index (χ1v) is 11.4. The van der Waals surface area contributed by atoms with Gasteiger partial charge in [0.1, 0.15) is 30.8 Å². The van der Waals surface area contributed by atoms with E-state index in [2.05, 4.69) is 26.0 Å². The fourth-order valence-corrected chi connectivity index (χ4v) is 2.85. The summed E-state index contributed by atoms with van der Waals surface area (Å²) in [5.74, 6) is -0.399. The van der Waals surface area contributed by atoms with Crippen LogP contribution in [-0.2, 0) is 33.5 Å². The van der Waals surface area contributed by atoms with Crippen LogP contribution in [0, 0.1) is 27.2 Å². The second kappa shape index (κ2) is 20.6. The van der Waals surface area contributed by atoms with Gasteiger partial charge >= 0.3 is 0 Å². The lowest BCUT2D eigenvalue weighted by atomic mass is 10.1. The van der Waals surface area contributed by atoms with Crippen LogP contribution in [0.25, 0.3) is 0 Å². The second-order valence-electron chi connectivity index (χ2n) is 7.35. The van der Waals surface area contributed by atoms with Crippen molar-refractivity contribution in [2.75, 3.05) is 52.0 Å². The van der Waals surface area contributed by atoms with Crippen LogP contribution >= 0.6 is 0 Å². The molecule has 0 bridgehead atoms. The highest BCUT2D eigenvalue weighted by Crippen LogP contribution is 2.33. The Kier molecular flexibility index (Phi) is 18.2. The third kappa shape index (κ3) is 16.8. The highest BCUT2D eigenvalue weighted by molar-refractivity contribution is 5.93. The van der Waals surface area contributed by atoms with Crippen molar-refractivity contribution in [1.29, 1.82) is 0 Å². The summed E-state index contributed by atoms with van der Waals surface area (Å²) in [6.07, 6.45) is -0.677. The highest BCUT2D eigenvalue weighted by Gasteiger charge is 2.16. The fraction of sp³-hybridized carbons (Fsp3) is 0.571. The number of nitrogens with zero attached hydrogens (tertiary/aromatic N) is 2. The van der Waals surface area contributed by atoms with E-state index in [0.717, 1.165) is 0 Å². The molecule has 1 aromatic carbocycles. The molecule has 0 radical (unpaired) electrons. The lowest BCUT2D eigenvalue weighted by Gasteiger charge is -2.13. The lowest BCUT2D eigenvalue weighted by molar-refractivity contribution is -0.790. The molecule has 1 atom stereocenters. The van der Waals surface area contributed by atoms with E-state index >= 15 is 0 Å². The molecule has 0 aliphatic rings. The molecule has 0 spiro atoms. The summed E-state index contributed by atoms with van der Waals surface area (Å²) >= 11 is 0. The number of amides is 3. The molecule has 0 heterocycles. The quantitative estimate of drug-likeness (QED) is 0.0562. The SMILES string of the molecule is COc1ccc(NC(=O)COCCOCCNC(=O)CCCC(CO[N+](=O)[O-])O[N+](=O)[O-])c(O)c1C.NC=O. The molecular formula is C21H33N5O13. The van der Waals surface area contributed by atoms with Gasteiger partial charge in [-0.25, -0.2) is 0 Å². The zero-order valence-corrected chi connectivity index (χ0v) is 21.5. The van der Waals surface area contributed by atoms with Crippen LogP contribution in [0.4, 0.5) is 5.69 Å². The maximum atomic E-state index is 11.9. The third-order valence-electron chi connectivity index (χ3n) is 4.58. The summed E-state index contributed by atoms with van der Waals surface area (Å²) in [4.78, 5) is 61.2. The Bertz CT molecular complexity index is 932. The van der Waals surface area contributed by atoms with Gasteiger partial charge in [-0.1, -0.05) is 0 Å². The number of nitrogens with two attached hydrogens (primary N) is 1. The summed E-state index contributed by atoms with van der Waals surface area (Å²) in [7, 11) is 1.47. The molecule has 0 saturated carbocycles. The van der Waals surface area contributed by atoms with Gasteiger partial charge in [0, 0.05) is 18.5 Å². The molecule has 18 heteroatoms. The minimum absolute atomic E-state index is 0.0152. The summed E-state index contributed by atoms with van der Waals surface area (Å²) < 4.78 is 15.6. The first-order valence-electron chi connectivity index (χ1n) is 11.4. The minimum atomic E-state index is -1.16. The van der Waals surface area contributed by atoms with Crippen molar-refractivity contribution >= 4 is 23.9 Å². The Morgan fingerprint density at radius 1 is 1.13 bits per heavy atom. The summed E-state index contributed by atoms with van der Waals surface area (Å²) in [5.41, 5.74) is 4.90. The molecule has 3 amide bonds. The number of hydrogen-bond donors (Lipinski definition) is 4. The number of rotatable bonds is 19. The molecular weight excluding hydrogens is 530 g/mol. The standard InChI is InChI=1S/C20H30N4O12.CH3NO/c1-14-17(32-2)7-6-16(20(14)27)22-19(26)13-34-11-10-33-9-8-21-18(25)5-3-4-15(36-24(30)31)12-35-23(28)29;2-1-3/h6-7,15,27H,3-5,8-13H2,1-2H3,(H,21,25)(H,22,26);1H,(H2,2,3). The molecule has 1 unspecified atom stereocenters. The van der Waals surface area contributed by atoms with Crippen LogP contribution in [0.2, 0.25) is 0 Å². The van der Waals surface area contributed by atoms with E-state index in [4.69, 9.17) is 19.0 Å². The Hall–Kier alpha value is -4.45. The molecule has 1 aromatic rings. The minimum Gasteiger partial charge on any atom is -0.505 e. The number of primary amides is 1. The predicted molar refractivity (Wildman–Crippen MR) is 132 cm³/mol. The maximum Gasteiger partial charge on any atom is 0.294 e. The van der Waals surface area contributed by atoms with Crippen molar-refractivity contribution < 1.29 is 53.5 Å². The van der Waals surface area contributed by atoms with Gasteiger partial charge in [-0.2, -0.15) is 0 Å². The molecule has 0 aliphatic heterocycles. The molecule has 5 N–H and O–H groups in total. The van der Waals surface area contributed by atoms with E-state index < -0.39 is 28.8 Å². The van der Waals surface area contributed by atoms with E-state index in [1.807, 2.05) is 0 Å². The number of methoxy groups -OCH3 is 1. The molecule has 39 heavy (non-hydrogen) atoms. The Morgan fingerprint density at radius 3 is 2.41 bits per heavy atom. The van der Waals surface area contributed by atoms with Crippen molar-refractivity contribution in [1.82, 2.24) is 5.32 Å². The van der Waals surface area contributed by atoms with Crippen LogP contribution in [0.3, 0.4) is 0 Å². The molecule has 18 nitrogen and oxygen atoms in total. The van der Waals surface area contributed by atoms with Gasteiger partial charge in [0.25, 0.3) is 10.2 Å². The van der Waals surface area contributed by atoms with Gasteiger partial charge in [-0.3, -0.25) is 14.4 Å². The second-order valence-corrected chi connectivity index (χ2v) is 7.35. The van der Waals surface area contributed by atoms with Crippen molar-refractivity contribution in [2.45, 2.75) is 32.3 Å². The Balaban J connectivity index is 0.00000458. The summed E-state index contributed by atoms with van der Waals surface area (Å²) in [6, 6.07) is 3.13. The van der Waals surface area contributed by atoms with E-state index in [0.29, 0.717) is 11.3 Å². The van der Waals surface area contributed by atoms with Crippen molar-refractivity contribution in [2.24, 2.45) is 5.73 Å². The number of benzene rings is 1. The van der Waals surface area contributed by atoms with Crippen LogP contribution in [0.5, 0.6) is 11.5 Å². The number of phenolic OH excluding ortho intramolecular Hbond substituents is 1. The number of aromatic hydroxyl groups is 1. The van der Waals surface area contributed by atoms with Crippen LogP contribution in [-0.4, -0.2) is 86.3 Å². The van der Waals surface area contributed by atoms with E-state index in [1.54, 1.807) is 13.0 Å². The third-order valence-corrected chi connectivity index (χ3v) is 4.58. The highest BCUT2D eigenvalue weighted by atomic mass is 17.0. The molecule has 1 rings (SSSR count). The molecule has 0 aliphatic carbocycles. The number of anilines is 1. The zero-order chi connectivity index (χ0) is 29.6. The van der Waals surface area contributed by atoms with Gasteiger partial charge in [0.15, 0.2) is 0 Å². The predicted octanol–water partition coefficient (Wildman–Crippen LogP) is -0.146. The first kappa shape index (κ1) is 34.6. The van der Waals surface area contributed by atoms with Gasteiger partial charge in [0.2, 0.25) is 18.2 Å². The van der Waals surface area contributed by atoms with Crippen LogP contribution in [0.1, 0.15) is 24.8 Å². The van der Waals surface area contributed by atoms with Crippen LogP contribution in [0.15, 0.2) is 12.1 Å². The average Bonchev–Trinajstić information content (AvgIpc) is 2.87. The fourth-order valence-electron chi connectivity index (χ4n) is 2.85. The topological polar surface area (TPSA) is 254 Å². The molecule has 0 saturated heterocycles. The van der Waals surface area contributed by atoms with Gasteiger partial charge < -0.3 is 45.4 Å². The Labute approximate surface area is 222 Å². The normalized spacial score (nSPS) is 10.7. The monoisotopic (exact) mass is 563 g/mol. The van der Waals surface area contributed by atoms with Crippen LogP contribution < -0.4 is 21.1 Å². The number of phenols is 1.